The first-order valence-corrected chi connectivity index (χ1v) is 8.72. The lowest BCUT2D eigenvalue weighted by molar-refractivity contribution is 0.293. The Balaban J connectivity index is 1.61. The molecule has 4 nitrogen and oxygen atoms in total. The molecule has 0 radical (unpaired) electrons. The molecule has 1 saturated carbocycles. The average Bonchev–Trinajstić information content (AvgIpc) is 2.63. The minimum absolute atomic E-state index is 0.0706. The summed E-state index contributed by atoms with van der Waals surface area (Å²) in [6, 6.07) is 12.4. The van der Waals surface area contributed by atoms with Crippen molar-refractivity contribution in [2.24, 2.45) is 10.1 Å². The van der Waals surface area contributed by atoms with Gasteiger partial charge in [-0.15, -0.1) is 0 Å². The third-order valence-corrected chi connectivity index (χ3v) is 5.02. The van der Waals surface area contributed by atoms with Crippen molar-refractivity contribution in [2.45, 2.75) is 44.1 Å². The van der Waals surface area contributed by atoms with E-state index in [4.69, 9.17) is 4.99 Å². The molecule has 2 aliphatic rings. The monoisotopic (exact) mass is 318 g/mol. The van der Waals surface area contributed by atoms with Crippen molar-refractivity contribution in [1.29, 1.82) is 0 Å². The summed E-state index contributed by atoms with van der Waals surface area (Å²) in [7, 11) is 0. The quantitative estimate of drug-likeness (QED) is 0.678. The van der Waals surface area contributed by atoms with Crippen LogP contribution in [-0.2, 0) is 6.42 Å². The van der Waals surface area contributed by atoms with Crippen molar-refractivity contribution in [3.05, 3.63) is 65.5 Å². The van der Waals surface area contributed by atoms with Gasteiger partial charge in [0.05, 0.1) is 11.8 Å². The Morgan fingerprint density at radius 3 is 2.62 bits per heavy atom. The number of amidine groups is 1. The van der Waals surface area contributed by atoms with Gasteiger partial charge in [0.15, 0.2) is 0 Å². The summed E-state index contributed by atoms with van der Waals surface area (Å²) < 4.78 is 0. The maximum atomic E-state index is 5.12. The Labute approximate surface area is 142 Å². The Hall–Kier alpha value is -2.49. The largest absolute Gasteiger partial charge is 0.265 e. The van der Waals surface area contributed by atoms with Crippen molar-refractivity contribution >= 4 is 12.1 Å². The highest BCUT2D eigenvalue weighted by atomic mass is 15.3. The van der Waals surface area contributed by atoms with E-state index in [0.717, 1.165) is 17.8 Å². The van der Waals surface area contributed by atoms with E-state index < -0.39 is 0 Å². The predicted octanol–water partition coefficient (Wildman–Crippen LogP) is 3.71. The normalized spacial score (nSPS) is 19.1. The Morgan fingerprint density at radius 1 is 1.00 bits per heavy atom. The van der Waals surface area contributed by atoms with Crippen LogP contribution in [0.4, 0.5) is 0 Å². The number of benzene rings is 1. The minimum Gasteiger partial charge on any atom is -0.265 e. The Bertz CT molecular complexity index is 758. The number of aromatic nitrogens is 1. The number of nitrogens with one attached hydrogen (secondary N) is 1. The van der Waals surface area contributed by atoms with Gasteiger partial charge < -0.3 is 0 Å². The maximum Gasteiger partial charge on any atom is 0.149 e. The lowest BCUT2D eigenvalue weighted by atomic mass is 9.75. The van der Waals surface area contributed by atoms with Gasteiger partial charge in [0, 0.05) is 18.0 Å². The molecule has 2 aromatic rings. The number of aliphatic imine (C=N–C) groups is 1. The number of hydrogen-bond donors (Lipinski definition) is 1. The number of nitrogens with zero attached hydrogens (tertiary/aromatic N) is 3. The molecule has 24 heavy (non-hydrogen) atoms. The molecule has 4 heteroatoms. The third-order valence-electron chi connectivity index (χ3n) is 5.02. The third kappa shape index (κ3) is 3.09. The summed E-state index contributed by atoms with van der Waals surface area (Å²) in [6.45, 7) is 0. The van der Waals surface area contributed by atoms with E-state index in [0.29, 0.717) is 0 Å². The standard InChI is InChI=1S/C20H22N4/c1-4-10-20(11-5-1)14-17-6-2-3-7-18(17)19(23-20)24-22-15-16-8-12-21-13-9-16/h2-3,6-9,12-13,15H,1,4-5,10-11,14H2,(H,23,24)/b22-15-. The molecule has 2 heterocycles. The first-order valence-electron chi connectivity index (χ1n) is 8.72. The summed E-state index contributed by atoms with van der Waals surface area (Å²) in [5, 5.41) is 4.41. The van der Waals surface area contributed by atoms with E-state index >= 15 is 0 Å². The zero-order chi connectivity index (χ0) is 16.2. The average molecular weight is 318 g/mol. The van der Waals surface area contributed by atoms with Crippen LogP contribution in [0.15, 0.2) is 58.9 Å². The van der Waals surface area contributed by atoms with Crippen LogP contribution in [-0.4, -0.2) is 22.6 Å². The molecule has 1 aliphatic carbocycles. The van der Waals surface area contributed by atoms with E-state index in [1.807, 2.05) is 18.3 Å². The second kappa shape index (κ2) is 6.56. The number of pyridine rings is 1. The fraction of sp³-hybridized carbons (Fsp3) is 0.350. The predicted molar refractivity (Wildman–Crippen MR) is 97.5 cm³/mol. The molecule has 1 aliphatic heterocycles. The highest BCUT2D eigenvalue weighted by Gasteiger charge is 2.36. The molecule has 0 bridgehead atoms. The molecule has 1 fully saturated rings. The highest BCUT2D eigenvalue weighted by molar-refractivity contribution is 6.01. The van der Waals surface area contributed by atoms with Gasteiger partial charge in [-0.3, -0.25) is 15.4 Å². The lowest BCUT2D eigenvalue weighted by Gasteiger charge is -2.38. The van der Waals surface area contributed by atoms with Gasteiger partial charge in [-0.2, -0.15) is 5.10 Å². The summed E-state index contributed by atoms with van der Waals surface area (Å²) >= 11 is 0. The van der Waals surface area contributed by atoms with Crippen LogP contribution >= 0.6 is 0 Å². The summed E-state index contributed by atoms with van der Waals surface area (Å²) in [5.41, 5.74) is 6.86. The maximum absolute atomic E-state index is 5.12. The highest BCUT2D eigenvalue weighted by Crippen LogP contribution is 2.38. The summed E-state index contributed by atoms with van der Waals surface area (Å²) in [5.74, 6) is 0.907. The van der Waals surface area contributed by atoms with Crippen LogP contribution < -0.4 is 5.43 Å². The fourth-order valence-corrected chi connectivity index (χ4v) is 3.80. The van der Waals surface area contributed by atoms with E-state index in [2.05, 4.69) is 39.8 Å². The summed E-state index contributed by atoms with van der Waals surface area (Å²) in [6.07, 6.45) is 12.7. The number of hydrazone groups is 1. The fourth-order valence-electron chi connectivity index (χ4n) is 3.80. The van der Waals surface area contributed by atoms with E-state index in [1.165, 1.54) is 43.2 Å². The minimum atomic E-state index is 0.0706. The van der Waals surface area contributed by atoms with E-state index in [1.54, 1.807) is 12.4 Å². The number of rotatable bonds is 2. The van der Waals surface area contributed by atoms with Crippen LogP contribution in [0.3, 0.4) is 0 Å². The first kappa shape index (κ1) is 15.1. The SMILES string of the molecule is C(=N/NC1=NC2(CCCCC2)Cc2ccccc21)/c1ccncc1. The smallest absolute Gasteiger partial charge is 0.149 e. The van der Waals surface area contributed by atoms with Gasteiger partial charge in [-0.25, -0.2) is 0 Å². The first-order chi connectivity index (χ1) is 11.8. The van der Waals surface area contributed by atoms with Crippen LogP contribution in [0.25, 0.3) is 0 Å². The molecule has 0 atom stereocenters. The molecule has 4 rings (SSSR count). The van der Waals surface area contributed by atoms with Crippen LogP contribution in [0.2, 0.25) is 0 Å². The van der Waals surface area contributed by atoms with Gasteiger partial charge in [-0.1, -0.05) is 43.5 Å². The molecule has 1 aromatic carbocycles. The van der Waals surface area contributed by atoms with Crippen molar-refractivity contribution < 1.29 is 0 Å². The van der Waals surface area contributed by atoms with Gasteiger partial charge in [0.1, 0.15) is 5.84 Å². The van der Waals surface area contributed by atoms with Crippen molar-refractivity contribution in [3.63, 3.8) is 0 Å². The van der Waals surface area contributed by atoms with Crippen molar-refractivity contribution in [2.75, 3.05) is 0 Å². The molecule has 122 valence electrons. The van der Waals surface area contributed by atoms with Gasteiger partial charge in [0.25, 0.3) is 0 Å². The molecular formula is C20H22N4. The van der Waals surface area contributed by atoms with Gasteiger partial charge >= 0.3 is 0 Å². The topological polar surface area (TPSA) is 49.6 Å². The second-order valence-electron chi connectivity index (χ2n) is 6.73. The molecule has 0 saturated heterocycles. The van der Waals surface area contributed by atoms with Gasteiger partial charge in [-0.05, 0) is 42.5 Å². The van der Waals surface area contributed by atoms with Crippen LogP contribution in [0.5, 0.6) is 0 Å². The zero-order valence-electron chi connectivity index (χ0n) is 13.8. The Morgan fingerprint density at radius 2 is 1.79 bits per heavy atom. The van der Waals surface area contributed by atoms with Crippen molar-refractivity contribution in [1.82, 2.24) is 10.4 Å². The van der Waals surface area contributed by atoms with E-state index in [9.17, 15) is 0 Å². The second-order valence-corrected chi connectivity index (χ2v) is 6.73. The Kier molecular flexibility index (Phi) is 4.11. The number of hydrogen-bond acceptors (Lipinski definition) is 4. The molecule has 0 amide bonds. The molecule has 1 aromatic heterocycles. The lowest BCUT2D eigenvalue weighted by Crippen LogP contribution is -2.40. The van der Waals surface area contributed by atoms with Gasteiger partial charge in [0.2, 0.25) is 0 Å². The molecule has 1 N–H and O–H groups in total. The van der Waals surface area contributed by atoms with E-state index in [-0.39, 0.29) is 5.54 Å². The molecular weight excluding hydrogens is 296 g/mol. The van der Waals surface area contributed by atoms with Crippen molar-refractivity contribution in [3.8, 4) is 0 Å². The summed E-state index contributed by atoms with van der Waals surface area (Å²) in [4.78, 5) is 9.15. The molecule has 1 spiro atoms. The van der Waals surface area contributed by atoms with Crippen LogP contribution in [0, 0.1) is 0 Å². The zero-order valence-corrected chi connectivity index (χ0v) is 13.8. The van der Waals surface area contributed by atoms with Crippen LogP contribution in [0.1, 0.15) is 48.8 Å². The number of fused-ring (bicyclic) bond motifs is 1. The molecule has 0 unspecified atom stereocenters.